The van der Waals surface area contributed by atoms with Crippen LogP contribution in [0.15, 0.2) is 33.9 Å². The molecule has 2 aromatic rings. The van der Waals surface area contributed by atoms with E-state index in [4.69, 9.17) is 4.74 Å². The Labute approximate surface area is 124 Å². The van der Waals surface area contributed by atoms with Crippen LogP contribution in [0.1, 0.15) is 12.7 Å². The highest BCUT2D eigenvalue weighted by Gasteiger charge is 2.20. The third kappa shape index (κ3) is 3.56. The first kappa shape index (κ1) is 14.9. The molecule has 9 heteroatoms. The topological polar surface area (TPSA) is 97.0 Å². The Balaban J connectivity index is 2.26. The Morgan fingerprint density at radius 2 is 2.25 bits per heavy atom. The predicted octanol–water partition coefficient (Wildman–Crippen LogP) is 1.44. The Morgan fingerprint density at radius 3 is 2.90 bits per heavy atom. The largest absolute Gasteiger partial charge is 0.492 e. The third-order valence-electron chi connectivity index (χ3n) is 2.39. The molecule has 0 saturated heterocycles. The predicted molar refractivity (Wildman–Crippen MR) is 75.7 cm³/mol. The van der Waals surface area contributed by atoms with Crippen molar-refractivity contribution in [2.45, 2.75) is 18.4 Å². The minimum atomic E-state index is -3.70. The van der Waals surface area contributed by atoms with Crippen LogP contribution in [-0.2, 0) is 16.6 Å². The first-order valence-electron chi connectivity index (χ1n) is 5.79. The van der Waals surface area contributed by atoms with Gasteiger partial charge < -0.3 is 4.74 Å². The van der Waals surface area contributed by atoms with E-state index < -0.39 is 10.0 Å². The molecule has 7 nitrogen and oxygen atoms in total. The number of hydrogen-bond donors (Lipinski definition) is 2. The van der Waals surface area contributed by atoms with Gasteiger partial charge in [0.2, 0.25) is 10.0 Å². The zero-order chi connectivity index (χ0) is 14.6. The number of aromatic nitrogens is 3. The van der Waals surface area contributed by atoms with E-state index in [1.54, 1.807) is 19.1 Å². The molecule has 1 aromatic heterocycles. The summed E-state index contributed by atoms with van der Waals surface area (Å²) in [6.07, 6.45) is 1.31. The van der Waals surface area contributed by atoms with Gasteiger partial charge in [-0.1, -0.05) is 15.9 Å². The van der Waals surface area contributed by atoms with Crippen LogP contribution in [0.25, 0.3) is 0 Å². The summed E-state index contributed by atoms with van der Waals surface area (Å²) in [5, 5.41) is 6.24. The molecule has 20 heavy (non-hydrogen) atoms. The van der Waals surface area contributed by atoms with Crippen molar-refractivity contribution in [3.05, 3.63) is 34.8 Å². The number of nitrogens with zero attached hydrogens (tertiary/aromatic N) is 2. The molecule has 108 valence electrons. The molecule has 0 aliphatic carbocycles. The minimum absolute atomic E-state index is 0.0282. The smallest absolute Gasteiger partial charge is 0.244 e. The van der Waals surface area contributed by atoms with Crippen molar-refractivity contribution < 1.29 is 13.2 Å². The average Bonchev–Trinajstić information content (AvgIpc) is 2.92. The van der Waals surface area contributed by atoms with Gasteiger partial charge in [-0.05, 0) is 25.1 Å². The number of H-pyrrole nitrogens is 1. The first-order chi connectivity index (χ1) is 9.53. The summed E-state index contributed by atoms with van der Waals surface area (Å²) in [7, 11) is -3.70. The number of hydrogen-bond acceptors (Lipinski definition) is 5. The van der Waals surface area contributed by atoms with Gasteiger partial charge in [-0.15, -0.1) is 0 Å². The van der Waals surface area contributed by atoms with Crippen molar-refractivity contribution in [2.24, 2.45) is 0 Å². The molecule has 0 spiro atoms. The molecule has 0 bridgehead atoms. The number of benzene rings is 1. The van der Waals surface area contributed by atoms with Crippen LogP contribution in [-0.4, -0.2) is 30.2 Å². The van der Waals surface area contributed by atoms with E-state index in [0.717, 1.165) is 0 Å². The zero-order valence-corrected chi connectivity index (χ0v) is 13.0. The summed E-state index contributed by atoms with van der Waals surface area (Å²) in [6.45, 7) is 2.20. The van der Waals surface area contributed by atoms with Crippen molar-refractivity contribution in [3.8, 4) is 5.75 Å². The van der Waals surface area contributed by atoms with Crippen LogP contribution in [0.3, 0.4) is 0 Å². The molecule has 0 saturated carbocycles. The molecule has 1 aromatic carbocycles. The average molecular weight is 361 g/mol. The second-order valence-corrected chi connectivity index (χ2v) is 6.43. The van der Waals surface area contributed by atoms with Gasteiger partial charge in [0.15, 0.2) is 0 Å². The maximum atomic E-state index is 12.3. The summed E-state index contributed by atoms with van der Waals surface area (Å²) in [6, 6.07) is 4.82. The van der Waals surface area contributed by atoms with Crippen molar-refractivity contribution >= 4 is 26.0 Å². The number of nitrogens with one attached hydrogen (secondary N) is 2. The number of halogens is 1. The Morgan fingerprint density at radius 1 is 1.45 bits per heavy atom. The highest BCUT2D eigenvalue weighted by molar-refractivity contribution is 9.10. The third-order valence-corrected chi connectivity index (χ3v) is 4.31. The number of ether oxygens (including phenoxy) is 1. The fourth-order valence-electron chi connectivity index (χ4n) is 1.52. The molecule has 1 heterocycles. The van der Waals surface area contributed by atoms with E-state index in [1.165, 1.54) is 12.4 Å². The van der Waals surface area contributed by atoms with Crippen molar-refractivity contribution in [1.29, 1.82) is 0 Å². The number of sulfonamides is 1. The monoisotopic (exact) mass is 360 g/mol. The molecule has 0 amide bonds. The summed E-state index contributed by atoms with van der Waals surface area (Å²) in [4.78, 5) is 3.93. The lowest BCUT2D eigenvalue weighted by Crippen LogP contribution is -2.24. The van der Waals surface area contributed by atoms with Crippen LogP contribution in [0.4, 0.5) is 0 Å². The van der Waals surface area contributed by atoms with Gasteiger partial charge >= 0.3 is 0 Å². The Hall–Kier alpha value is -1.45. The first-order valence-corrected chi connectivity index (χ1v) is 8.07. The molecule has 0 aliphatic heterocycles. The van der Waals surface area contributed by atoms with E-state index in [2.05, 4.69) is 35.8 Å². The maximum Gasteiger partial charge on any atom is 0.244 e. The Kier molecular flexibility index (Phi) is 4.73. The minimum Gasteiger partial charge on any atom is -0.492 e. The molecule has 0 aliphatic rings. The second kappa shape index (κ2) is 6.33. The molecule has 2 rings (SSSR count). The van der Waals surface area contributed by atoms with Crippen LogP contribution < -0.4 is 9.46 Å². The van der Waals surface area contributed by atoms with Gasteiger partial charge in [0.05, 0.1) is 13.2 Å². The van der Waals surface area contributed by atoms with E-state index in [0.29, 0.717) is 22.7 Å². The SMILES string of the molecule is CCOc1ccc(Br)cc1S(=O)(=O)NCc1ncn[nH]1. The summed E-state index contributed by atoms with van der Waals surface area (Å²) in [5.41, 5.74) is 0. The second-order valence-electron chi connectivity index (χ2n) is 3.78. The van der Waals surface area contributed by atoms with Crippen LogP contribution >= 0.6 is 15.9 Å². The standard InChI is InChI=1S/C11H13BrN4O3S/c1-2-19-9-4-3-8(12)5-10(9)20(17,18)15-6-11-13-7-14-16-11/h3-5,7,15H,2,6H2,1H3,(H,13,14,16). The fraction of sp³-hybridized carbons (Fsp3) is 0.273. The van der Waals surface area contributed by atoms with Gasteiger partial charge in [0, 0.05) is 4.47 Å². The Bertz CT molecular complexity index is 673. The summed E-state index contributed by atoms with van der Waals surface area (Å²) >= 11 is 3.25. The normalized spacial score (nSPS) is 11.5. The summed E-state index contributed by atoms with van der Waals surface area (Å²) in [5.74, 6) is 0.738. The maximum absolute atomic E-state index is 12.3. The van der Waals surface area contributed by atoms with Crippen LogP contribution in [0.5, 0.6) is 5.75 Å². The van der Waals surface area contributed by atoms with Gasteiger partial charge in [-0.3, -0.25) is 5.10 Å². The lowest BCUT2D eigenvalue weighted by Gasteiger charge is -2.11. The van der Waals surface area contributed by atoms with Crippen LogP contribution in [0, 0.1) is 0 Å². The van der Waals surface area contributed by atoms with Crippen molar-refractivity contribution in [3.63, 3.8) is 0 Å². The molecule has 0 fully saturated rings. The van der Waals surface area contributed by atoms with Gasteiger partial charge in [0.25, 0.3) is 0 Å². The van der Waals surface area contributed by atoms with Crippen LogP contribution in [0.2, 0.25) is 0 Å². The quantitative estimate of drug-likeness (QED) is 0.812. The fourth-order valence-corrected chi connectivity index (χ4v) is 3.19. The van der Waals surface area contributed by atoms with Gasteiger partial charge in [-0.2, -0.15) is 5.10 Å². The van der Waals surface area contributed by atoms with E-state index in [1.807, 2.05) is 0 Å². The summed E-state index contributed by atoms with van der Waals surface area (Å²) < 4.78 is 33.0. The lowest BCUT2D eigenvalue weighted by molar-refractivity contribution is 0.331. The van der Waals surface area contributed by atoms with E-state index in [-0.39, 0.29) is 11.4 Å². The lowest BCUT2D eigenvalue weighted by atomic mass is 10.3. The van der Waals surface area contributed by atoms with E-state index >= 15 is 0 Å². The molecule has 0 atom stereocenters. The molecular weight excluding hydrogens is 348 g/mol. The van der Waals surface area contributed by atoms with Crippen molar-refractivity contribution in [1.82, 2.24) is 19.9 Å². The van der Waals surface area contributed by atoms with E-state index in [9.17, 15) is 8.42 Å². The number of aromatic amines is 1. The highest BCUT2D eigenvalue weighted by Crippen LogP contribution is 2.27. The molecule has 2 N–H and O–H groups in total. The van der Waals surface area contributed by atoms with Gasteiger partial charge in [0.1, 0.15) is 22.8 Å². The van der Waals surface area contributed by atoms with Gasteiger partial charge in [-0.25, -0.2) is 18.1 Å². The zero-order valence-electron chi connectivity index (χ0n) is 10.6. The number of rotatable bonds is 6. The molecule has 0 radical (unpaired) electrons. The molecule has 0 unspecified atom stereocenters. The molecular formula is C11H13BrN4O3S. The highest BCUT2D eigenvalue weighted by atomic mass is 79.9. The van der Waals surface area contributed by atoms with Crippen molar-refractivity contribution in [2.75, 3.05) is 6.61 Å².